The molecule has 0 heterocycles. The van der Waals surface area contributed by atoms with Gasteiger partial charge in [-0.15, -0.1) is 0 Å². The maximum Gasteiger partial charge on any atom is 0.308 e. The van der Waals surface area contributed by atoms with Crippen LogP contribution in [0.1, 0.15) is 19.3 Å². The van der Waals surface area contributed by atoms with Gasteiger partial charge in [0.1, 0.15) is 0 Å². The van der Waals surface area contributed by atoms with Gasteiger partial charge in [0, 0.05) is 6.04 Å². The molecule has 3 heteroatoms. The van der Waals surface area contributed by atoms with Crippen molar-refractivity contribution in [3.63, 3.8) is 0 Å². The molecule has 0 aromatic rings. The summed E-state index contributed by atoms with van der Waals surface area (Å²) in [6, 6.07) is 0.343. The van der Waals surface area contributed by atoms with Crippen LogP contribution < -0.4 is 5.73 Å². The summed E-state index contributed by atoms with van der Waals surface area (Å²) in [7, 11) is 1.47. The number of fused-ring (bicyclic) bond motifs is 2. The van der Waals surface area contributed by atoms with Gasteiger partial charge in [0.05, 0.1) is 13.0 Å². The van der Waals surface area contributed by atoms with E-state index in [0.29, 0.717) is 17.9 Å². The van der Waals surface area contributed by atoms with E-state index in [1.165, 1.54) is 7.11 Å². The van der Waals surface area contributed by atoms with Crippen LogP contribution in [0.25, 0.3) is 0 Å². The molecule has 0 spiro atoms. The molecule has 0 aromatic carbocycles. The molecule has 2 aliphatic carbocycles. The number of methoxy groups -OCH3 is 1. The minimum atomic E-state index is -0.0330. The highest BCUT2D eigenvalue weighted by atomic mass is 16.5. The molecule has 3 nitrogen and oxygen atoms in total. The van der Waals surface area contributed by atoms with Crippen molar-refractivity contribution in [3.8, 4) is 0 Å². The zero-order valence-corrected chi connectivity index (χ0v) is 7.32. The van der Waals surface area contributed by atoms with Crippen LogP contribution in [0, 0.1) is 17.8 Å². The normalized spacial score (nSPS) is 44.8. The van der Waals surface area contributed by atoms with E-state index in [9.17, 15) is 4.79 Å². The highest BCUT2D eigenvalue weighted by Gasteiger charge is 2.47. The van der Waals surface area contributed by atoms with Crippen LogP contribution in [0.2, 0.25) is 0 Å². The van der Waals surface area contributed by atoms with E-state index >= 15 is 0 Å². The van der Waals surface area contributed by atoms with Gasteiger partial charge in [-0.3, -0.25) is 4.79 Å². The lowest BCUT2D eigenvalue weighted by Gasteiger charge is -2.23. The molecule has 0 aromatic heterocycles. The van der Waals surface area contributed by atoms with Gasteiger partial charge in [-0.05, 0) is 31.1 Å². The van der Waals surface area contributed by atoms with Crippen LogP contribution >= 0.6 is 0 Å². The Hall–Kier alpha value is -0.570. The number of carbonyl (C=O) groups excluding carboxylic acids is 1. The molecule has 0 radical (unpaired) electrons. The number of rotatable bonds is 1. The molecular weight excluding hydrogens is 154 g/mol. The van der Waals surface area contributed by atoms with Crippen LogP contribution in [-0.2, 0) is 9.53 Å². The quantitative estimate of drug-likeness (QED) is 0.583. The lowest BCUT2D eigenvalue weighted by Crippen LogP contribution is -2.32. The van der Waals surface area contributed by atoms with Gasteiger partial charge in [-0.2, -0.15) is 0 Å². The fraction of sp³-hybridized carbons (Fsp3) is 0.889. The molecule has 2 N–H and O–H groups in total. The van der Waals surface area contributed by atoms with Crippen LogP contribution in [0.5, 0.6) is 0 Å². The van der Waals surface area contributed by atoms with Gasteiger partial charge < -0.3 is 10.5 Å². The van der Waals surface area contributed by atoms with Crippen molar-refractivity contribution in [2.45, 2.75) is 25.3 Å². The van der Waals surface area contributed by atoms with Crippen molar-refractivity contribution in [1.29, 1.82) is 0 Å². The molecule has 0 aliphatic heterocycles. The van der Waals surface area contributed by atoms with E-state index in [4.69, 9.17) is 10.5 Å². The molecular formula is C9H15NO2. The van der Waals surface area contributed by atoms with Crippen LogP contribution in [0.3, 0.4) is 0 Å². The lowest BCUT2D eigenvalue weighted by atomic mass is 9.86. The van der Waals surface area contributed by atoms with Gasteiger partial charge in [-0.1, -0.05) is 0 Å². The second-order valence-electron chi connectivity index (χ2n) is 4.02. The summed E-state index contributed by atoms with van der Waals surface area (Å²) in [4.78, 5) is 11.2. The molecule has 0 saturated heterocycles. The average Bonchev–Trinajstić information content (AvgIpc) is 2.60. The largest absolute Gasteiger partial charge is 0.469 e. The minimum Gasteiger partial charge on any atom is -0.469 e. The molecule has 2 bridgehead atoms. The summed E-state index contributed by atoms with van der Waals surface area (Å²) < 4.78 is 4.74. The zero-order chi connectivity index (χ0) is 8.72. The lowest BCUT2D eigenvalue weighted by molar-refractivity contribution is -0.147. The first-order valence-corrected chi connectivity index (χ1v) is 4.55. The van der Waals surface area contributed by atoms with Gasteiger partial charge in [-0.25, -0.2) is 0 Å². The number of carbonyl (C=O) groups is 1. The number of hydrogen-bond acceptors (Lipinski definition) is 3. The van der Waals surface area contributed by atoms with Gasteiger partial charge >= 0.3 is 5.97 Å². The molecule has 0 amide bonds. The fourth-order valence-electron chi connectivity index (χ4n) is 2.76. The third kappa shape index (κ3) is 1.04. The maximum absolute atomic E-state index is 11.2. The zero-order valence-electron chi connectivity index (χ0n) is 7.32. The first kappa shape index (κ1) is 8.05. The SMILES string of the molecule is COC(=O)C1CC2CC1CC2N. The Morgan fingerprint density at radius 1 is 1.33 bits per heavy atom. The smallest absolute Gasteiger partial charge is 0.308 e. The Morgan fingerprint density at radius 2 is 2.08 bits per heavy atom. The van der Waals surface area contributed by atoms with Gasteiger partial charge in [0.2, 0.25) is 0 Å². The topological polar surface area (TPSA) is 52.3 Å². The molecule has 2 rings (SSSR count). The molecule has 4 unspecified atom stereocenters. The summed E-state index contributed by atoms with van der Waals surface area (Å²) in [6.45, 7) is 0. The summed E-state index contributed by atoms with van der Waals surface area (Å²) in [5.74, 6) is 1.21. The first-order chi connectivity index (χ1) is 5.72. The fourth-order valence-corrected chi connectivity index (χ4v) is 2.76. The van der Waals surface area contributed by atoms with E-state index in [1.54, 1.807) is 0 Å². The van der Waals surface area contributed by atoms with E-state index in [1.807, 2.05) is 0 Å². The highest BCUT2D eigenvalue weighted by Crippen LogP contribution is 2.47. The maximum atomic E-state index is 11.2. The molecule has 2 fully saturated rings. The van der Waals surface area contributed by atoms with Crippen LogP contribution in [0.4, 0.5) is 0 Å². The molecule has 68 valence electrons. The molecule has 12 heavy (non-hydrogen) atoms. The monoisotopic (exact) mass is 169 g/mol. The first-order valence-electron chi connectivity index (χ1n) is 4.55. The second kappa shape index (κ2) is 2.73. The van der Waals surface area contributed by atoms with Gasteiger partial charge in [0.25, 0.3) is 0 Å². The predicted molar refractivity (Wildman–Crippen MR) is 44.3 cm³/mol. The third-order valence-electron chi connectivity index (χ3n) is 3.42. The number of ether oxygens (including phenoxy) is 1. The Labute approximate surface area is 72.3 Å². The molecule has 4 atom stereocenters. The van der Waals surface area contributed by atoms with Crippen molar-refractivity contribution in [2.24, 2.45) is 23.5 Å². The summed E-state index contributed by atoms with van der Waals surface area (Å²) in [6.07, 6.45) is 3.11. The number of esters is 1. The average molecular weight is 169 g/mol. The Balaban J connectivity index is 2.02. The predicted octanol–water partition coefficient (Wildman–Crippen LogP) is 0.533. The Kier molecular flexibility index (Phi) is 1.83. The Bertz CT molecular complexity index is 203. The minimum absolute atomic E-state index is 0.0330. The Morgan fingerprint density at radius 3 is 2.50 bits per heavy atom. The van der Waals surface area contributed by atoms with Crippen LogP contribution in [0.15, 0.2) is 0 Å². The second-order valence-corrected chi connectivity index (χ2v) is 4.02. The van der Waals surface area contributed by atoms with Crippen molar-refractivity contribution in [2.75, 3.05) is 7.11 Å². The summed E-state index contributed by atoms with van der Waals surface area (Å²) in [5, 5.41) is 0. The van der Waals surface area contributed by atoms with E-state index in [2.05, 4.69) is 0 Å². The van der Waals surface area contributed by atoms with Crippen LogP contribution in [-0.4, -0.2) is 19.1 Å². The van der Waals surface area contributed by atoms with Crippen molar-refractivity contribution < 1.29 is 9.53 Å². The molecule has 2 aliphatic rings. The van der Waals surface area contributed by atoms with Crippen molar-refractivity contribution >= 4 is 5.97 Å². The third-order valence-corrected chi connectivity index (χ3v) is 3.42. The molecule has 2 saturated carbocycles. The van der Waals surface area contributed by atoms with E-state index in [0.717, 1.165) is 19.3 Å². The van der Waals surface area contributed by atoms with E-state index < -0.39 is 0 Å². The number of nitrogens with two attached hydrogens (primary N) is 1. The van der Waals surface area contributed by atoms with Gasteiger partial charge in [0.15, 0.2) is 0 Å². The number of hydrogen-bond donors (Lipinski definition) is 1. The highest BCUT2D eigenvalue weighted by molar-refractivity contribution is 5.73. The van der Waals surface area contributed by atoms with Crippen molar-refractivity contribution in [3.05, 3.63) is 0 Å². The van der Waals surface area contributed by atoms with Crippen molar-refractivity contribution in [1.82, 2.24) is 0 Å². The summed E-state index contributed by atoms with van der Waals surface area (Å²) in [5.41, 5.74) is 5.87. The summed E-state index contributed by atoms with van der Waals surface area (Å²) >= 11 is 0. The standard InChI is InChI=1S/C9H15NO2/c1-12-9(11)7-3-6-2-5(7)4-8(6)10/h5-8H,2-4,10H2,1H3. The van der Waals surface area contributed by atoms with E-state index in [-0.39, 0.29) is 11.9 Å².